The minimum absolute atomic E-state index is 0.0441. The normalized spacial score (nSPS) is 13.4. The molecule has 2 amide bonds. The minimum atomic E-state index is -0.176. The van der Waals surface area contributed by atoms with Crippen molar-refractivity contribution >= 4 is 23.9 Å². The van der Waals surface area contributed by atoms with E-state index in [9.17, 15) is 14.4 Å². The summed E-state index contributed by atoms with van der Waals surface area (Å²) in [5.41, 5.74) is 1.51. The molecule has 0 aromatic heterocycles. The Kier molecular flexibility index (Phi) is 8.55. The number of carbonyl (C=O) groups excluding carboxylic acids is 3. The predicted molar refractivity (Wildman–Crippen MR) is 104 cm³/mol. The Balaban J connectivity index is 1.60. The first-order chi connectivity index (χ1) is 13.1. The maximum Gasteiger partial charge on any atom is 0.305 e. The van der Waals surface area contributed by atoms with Gasteiger partial charge in [0, 0.05) is 30.6 Å². The van der Waals surface area contributed by atoms with Gasteiger partial charge in [0.1, 0.15) is 0 Å². The van der Waals surface area contributed by atoms with E-state index in [0.29, 0.717) is 24.6 Å². The van der Waals surface area contributed by atoms with E-state index >= 15 is 0 Å². The Morgan fingerprint density at radius 1 is 1.07 bits per heavy atom. The van der Waals surface area contributed by atoms with Crippen LogP contribution >= 0.6 is 0 Å². The quantitative estimate of drug-likeness (QED) is 0.355. The molecule has 146 valence electrons. The number of nitrogens with one attached hydrogen (secondary N) is 2. The van der Waals surface area contributed by atoms with Gasteiger partial charge in [-0.15, -0.1) is 0 Å². The number of benzene rings is 1. The fourth-order valence-electron chi connectivity index (χ4n) is 2.53. The highest BCUT2D eigenvalue weighted by molar-refractivity contribution is 5.95. The van der Waals surface area contributed by atoms with Gasteiger partial charge in [0.25, 0.3) is 5.91 Å². The molecule has 1 saturated carbocycles. The summed E-state index contributed by atoms with van der Waals surface area (Å²) in [5, 5.41) is 5.79. The maximum atomic E-state index is 11.9. The second-order valence-electron chi connectivity index (χ2n) is 6.73. The van der Waals surface area contributed by atoms with Crippen molar-refractivity contribution in [3.8, 4) is 0 Å². The van der Waals surface area contributed by atoms with Crippen molar-refractivity contribution in [2.24, 2.45) is 0 Å². The molecule has 2 N–H and O–H groups in total. The first-order valence-corrected chi connectivity index (χ1v) is 9.52. The zero-order chi connectivity index (χ0) is 19.5. The molecule has 1 aromatic rings. The van der Waals surface area contributed by atoms with E-state index in [1.54, 1.807) is 18.2 Å². The van der Waals surface area contributed by atoms with Gasteiger partial charge in [0.2, 0.25) is 5.91 Å². The van der Waals surface area contributed by atoms with Crippen molar-refractivity contribution in [2.45, 2.75) is 51.0 Å². The van der Waals surface area contributed by atoms with E-state index < -0.39 is 0 Å². The number of esters is 1. The molecule has 6 heteroatoms. The van der Waals surface area contributed by atoms with Crippen LogP contribution in [0.15, 0.2) is 30.3 Å². The zero-order valence-corrected chi connectivity index (χ0v) is 15.8. The highest BCUT2D eigenvalue weighted by atomic mass is 16.5. The fraction of sp³-hybridized carbons (Fsp3) is 0.476. The topological polar surface area (TPSA) is 84.5 Å². The molecule has 0 spiro atoms. The Labute approximate surface area is 160 Å². The molecule has 0 radical (unpaired) electrons. The Morgan fingerprint density at radius 2 is 1.78 bits per heavy atom. The lowest BCUT2D eigenvalue weighted by atomic mass is 10.1. The molecule has 1 aromatic carbocycles. The Morgan fingerprint density at radius 3 is 2.44 bits per heavy atom. The molecule has 0 heterocycles. The molecule has 0 saturated heterocycles. The SMILES string of the molecule is COC(=O)CCCCCCNC(=O)/C=C/c1ccc(C(=O)NC2CC2)cc1. The number of rotatable bonds is 11. The predicted octanol–water partition coefficient (Wildman–Crippen LogP) is 2.83. The van der Waals surface area contributed by atoms with Gasteiger partial charge in [0.15, 0.2) is 0 Å². The molecular weight excluding hydrogens is 344 g/mol. The summed E-state index contributed by atoms with van der Waals surface area (Å²) in [5.74, 6) is -0.359. The van der Waals surface area contributed by atoms with Crippen LogP contribution in [0.3, 0.4) is 0 Å². The van der Waals surface area contributed by atoms with Gasteiger partial charge < -0.3 is 15.4 Å². The monoisotopic (exact) mass is 372 g/mol. The molecule has 6 nitrogen and oxygen atoms in total. The maximum absolute atomic E-state index is 11.9. The summed E-state index contributed by atoms with van der Waals surface area (Å²) in [4.78, 5) is 34.7. The molecule has 1 aliphatic rings. The third kappa shape index (κ3) is 8.53. The summed E-state index contributed by atoms with van der Waals surface area (Å²) in [6, 6.07) is 7.53. The van der Waals surface area contributed by atoms with Gasteiger partial charge in [-0.3, -0.25) is 14.4 Å². The first kappa shape index (κ1) is 20.7. The van der Waals surface area contributed by atoms with E-state index in [1.165, 1.54) is 13.2 Å². The standard InChI is InChI=1S/C21H28N2O4/c1-27-20(25)6-4-2-3-5-15-22-19(24)14-9-16-7-10-17(11-8-16)21(26)23-18-12-13-18/h7-11,14,18H,2-6,12-13,15H2,1H3,(H,22,24)(H,23,26)/b14-9+. The summed E-state index contributed by atoms with van der Waals surface area (Å²) in [6.45, 7) is 0.613. The second-order valence-corrected chi connectivity index (χ2v) is 6.73. The van der Waals surface area contributed by atoms with Crippen LogP contribution in [0.25, 0.3) is 6.08 Å². The first-order valence-electron chi connectivity index (χ1n) is 9.52. The third-order valence-electron chi connectivity index (χ3n) is 4.35. The largest absolute Gasteiger partial charge is 0.469 e. The van der Waals surface area contributed by atoms with Crippen LogP contribution in [0.4, 0.5) is 0 Å². The van der Waals surface area contributed by atoms with Gasteiger partial charge in [-0.25, -0.2) is 0 Å². The van der Waals surface area contributed by atoms with Crippen LogP contribution < -0.4 is 10.6 Å². The Bertz CT molecular complexity index is 663. The molecule has 0 unspecified atom stereocenters. The van der Waals surface area contributed by atoms with Crippen LogP contribution in [-0.4, -0.2) is 37.5 Å². The molecule has 2 rings (SSSR count). The van der Waals surface area contributed by atoms with E-state index in [4.69, 9.17) is 0 Å². The number of hydrogen-bond acceptors (Lipinski definition) is 4. The molecule has 0 aliphatic heterocycles. The van der Waals surface area contributed by atoms with Crippen LogP contribution in [0.5, 0.6) is 0 Å². The summed E-state index contributed by atoms with van der Waals surface area (Å²) in [7, 11) is 1.39. The van der Waals surface area contributed by atoms with Gasteiger partial charge in [-0.1, -0.05) is 25.0 Å². The van der Waals surface area contributed by atoms with E-state index in [1.807, 2.05) is 12.1 Å². The van der Waals surface area contributed by atoms with Crippen LogP contribution in [0.1, 0.15) is 60.9 Å². The zero-order valence-electron chi connectivity index (χ0n) is 15.8. The van der Waals surface area contributed by atoms with Gasteiger partial charge in [0.05, 0.1) is 7.11 Å². The van der Waals surface area contributed by atoms with Crippen LogP contribution in [0.2, 0.25) is 0 Å². The molecular formula is C21H28N2O4. The summed E-state index contributed by atoms with van der Waals surface area (Å²) >= 11 is 0. The minimum Gasteiger partial charge on any atom is -0.469 e. The highest BCUT2D eigenvalue weighted by Crippen LogP contribution is 2.19. The lowest BCUT2D eigenvalue weighted by molar-refractivity contribution is -0.140. The molecule has 27 heavy (non-hydrogen) atoms. The van der Waals surface area contributed by atoms with Crippen molar-refractivity contribution in [2.75, 3.05) is 13.7 Å². The number of ether oxygens (including phenoxy) is 1. The average Bonchev–Trinajstić information content (AvgIpc) is 3.49. The smallest absolute Gasteiger partial charge is 0.305 e. The second kappa shape index (κ2) is 11.2. The van der Waals surface area contributed by atoms with Crippen molar-refractivity contribution in [1.29, 1.82) is 0 Å². The Hall–Kier alpha value is -2.63. The summed E-state index contributed by atoms with van der Waals surface area (Å²) in [6.07, 6.45) is 9.41. The lowest BCUT2D eigenvalue weighted by Crippen LogP contribution is -2.25. The van der Waals surface area contributed by atoms with Crippen LogP contribution in [-0.2, 0) is 14.3 Å². The fourth-order valence-corrected chi connectivity index (χ4v) is 2.53. The van der Waals surface area contributed by atoms with E-state index in [-0.39, 0.29) is 17.8 Å². The highest BCUT2D eigenvalue weighted by Gasteiger charge is 2.23. The molecule has 0 atom stereocenters. The van der Waals surface area contributed by atoms with Crippen molar-refractivity contribution in [3.05, 3.63) is 41.5 Å². The van der Waals surface area contributed by atoms with E-state index in [2.05, 4.69) is 15.4 Å². The van der Waals surface area contributed by atoms with E-state index in [0.717, 1.165) is 44.1 Å². The van der Waals surface area contributed by atoms with Crippen molar-refractivity contribution in [3.63, 3.8) is 0 Å². The van der Waals surface area contributed by atoms with Crippen molar-refractivity contribution in [1.82, 2.24) is 10.6 Å². The van der Waals surface area contributed by atoms with Crippen molar-refractivity contribution < 1.29 is 19.1 Å². The average molecular weight is 372 g/mol. The molecule has 1 aliphatic carbocycles. The molecule has 1 fully saturated rings. The number of hydrogen-bond donors (Lipinski definition) is 2. The number of carbonyl (C=O) groups is 3. The molecule has 0 bridgehead atoms. The van der Waals surface area contributed by atoms with Crippen LogP contribution in [0, 0.1) is 0 Å². The number of methoxy groups -OCH3 is 1. The van der Waals surface area contributed by atoms with Gasteiger partial charge in [-0.05, 0) is 49.5 Å². The van der Waals surface area contributed by atoms with Gasteiger partial charge >= 0.3 is 5.97 Å². The number of amides is 2. The number of unbranched alkanes of at least 4 members (excludes halogenated alkanes) is 3. The lowest BCUT2D eigenvalue weighted by Gasteiger charge is -2.04. The summed E-state index contributed by atoms with van der Waals surface area (Å²) < 4.78 is 4.59. The third-order valence-corrected chi connectivity index (χ3v) is 4.35. The van der Waals surface area contributed by atoms with Gasteiger partial charge in [-0.2, -0.15) is 0 Å².